The molecule has 2 N–H and O–H groups in total. The average molecular weight is 368 g/mol. The maximum Gasteiger partial charge on any atom is 0.287 e. The summed E-state index contributed by atoms with van der Waals surface area (Å²) in [6.07, 6.45) is 1.38. The molecule has 0 fully saturated rings. The van der Waals surface area contributed by atoms with Gasteiger partial charge in [-0.1, -0.05) is 12.1 Å². The lowest BCUT2D eigenvalue weighted by Crippen LogP contribution is -2.50. The van der Waals surface area contributed by atoms with Gasteiger partial charge in [0.05, 0.1) is 12.0 Å². The number of halogens is 1. The molecule has 1 aliphatic heterocycles. The molecule has 4 rings (SSSR count). The van der Waals surface area contributed by atoms with Crippen LogP contribution in [0.3, 0.4) is 0 Å². The van der Waals surface area contributed by atoms with E-state index in [1.165, 1.54) is 24.5 Å². The van der Waals surface area contributed by atoms with E-state index in [0.717, 1.165) is 5.56 Å². The second-order valence-electron chi connectivity index (χ2n) is 6.42. The van der Waals surface area contributed by atoms with E-state index >= 15 is 0 Å². The molecule has 2 aromatic heterocycles. The summed E-state index contributed by atoms with van der Waals surface area (Å²) < 4.78 is 20.6. The second-order valence-corrected chi connectivity index (χ2v) is 6.42. The van der Waals surface area contributed by atoms with Crippen molar-refractivity contribution >= 4 is 17.6 Å². The van der Waals surface area contributed by atoms with E-state index in [1.807, 2.05) is 6.92 Å². The van der Waals surface area contributed by atoms with Crippen molar-refractivity contribution in [3.05, 3.63) is 71.1 Å². The number of anilines is 1. The van der Waals surface area contributed by atoms with E-state index < -0.39 is 29.6 Å². The fraction of sp³-hybridized carbons (Fsp3) is 0.211. The smallest absolute Gasteiger partial charge is 0.287 e. The third-order valence-electron chi connectivity index (χ3n) is 4.68. The Kier molecular flexibility index (Phi) is 4.02. The third-order valence-corrected chi connectivity index (χ3v) is 4.68. The van der Waals surface area contributed by atoms with Gasteiger partial charge in [-0.25, -0.2) is 4.39 Å². The third kappa shape index (κ3) is 2.88. The summed E-state index contributed by atoms with van der Waals surface area (Å²) in [7, 11) is 1.72. The zero-order valence-electron chi connectivity index (χ0n) is 14.7. The van der Waals surface area contributed by atoms with Gasteiger partial charge in [0.2, 0.25) is 5.91 Å². The molecule has 1 aliphatic rings. The molecule has 0 unspecified atom stereocenters. The average Bonchev–Trinajstić information content (AvgIpc) is 3.25. The van der Waals surface area contributed by atoms with Crippen LogP contribution in [0.2, 0.25) is 0 Å². The number of fused-ring (bicyclic) bond motifs is 1. The molecule has 0 saturated heterocycles. The summed E-state index contributed by atoms with van der Waals surface area (Å²) in [6, 6.07) is 8.16. The highest BCUT2D eigenvalue weighted by atomic mass is 19.1. The van der Waals surface area contributed by atoms with Gasteiger partial charge in [0.25, 0.3) is 5.91 Å². The zero-order valence-corrected chi connectivity index (χ0v) is 14.7. The molecule has 1 aromatic carbocycles. The molecule has 3 heterocycles. The zero-order chi connectivity index (χ0) is 19.1. The van der Waals surface area contributed by atoms with Gasteiger partial charge in [-0.3, -0.25) is 14.3 Å². The number of hydrogen-bond acceptors (Lipinski definition) is 4. The van der Waals surface area contributed by atoms with Gasteiger partial charge in [0.1, 0.15) is 17.7 Å². The number of carbonyl (C=O) groups is 2. The molecule has 7 nitrogen and oxygen atoms in total. The lowest BCUT2D eigenvalue weighted by atomic mass is 9.82. The number of hydrogen-bond donors (Lipinski definition) is 2. The molecule has 0 aliphatic carbocycles. The number of rotatable bonds is 3. The van der Waals surface area contributed by atoms with Gasteiger partial charge in [-0.2, -0.15) is 5.10 Å². The molecule has 138 valence electrons. The van der Waals surface area contributed by atoms with E-state index in [0.29, 0.717) is 17.1 Å². The number of benzene rings is 1. The van der Waals surface area contributed by atoms with E-state index in [-0.39, 0.29) is 5.76 Å². The summed E-state index contributed by atoms with van der Waals surface area (Å²) in [4.78, 5) is 25.3. The molecule has 0 bridgehead atoms. The fourth-order valence-corrected chi connectivity index (χ4v) is 3.54. The standard InChI is InChI=1S/C19H17FN4O3/c1-10-14-15(11-5-3-6-12(20)9-11)16(19(26)22-17(14)24(2)23-10)21-18(25)13-7-4-8-27-13/h3-9,15-16H,1-2H3,(H,21,25)(H,22,26)/t15-,16+/m1/s1. The summed E-state index contributed by atoms with van der Waals surface area (Å²) in [5.74, 6) is -1.30. The van der Waals surface area contributed by atoms with Crippen LogP contribution in [0.1, 0.15) is 33.3 Å². The molecule has 2 amide bonds. The van der Waals surface area contributed by atoms with E-state index in [9.17, 15) is 14.0 Å². The Hall–Kier alpha value is -3.42. The number of amides is 2. The van der Waals surface area contributed by atoms with Gasteiger partial charge in [-0.15, -0.1) is 0 Å². The van der Waals surface area contributed by atoms with Gasteiger partial charge in [0, 0.05) is 18.5 Å². The Morgan fingerprint density at radius 3 is 2.85 bits per heavy atom. The molecular weight excluding hydrogens is 351 g/mol. The lowest BCUT2D eigenvalue weighted by Gasteiger charge is -2.32. The van der Waals surface area contributed by atoms with Crippen molar-refractivity contribution in [3.8, 4) is 0 Å². The monoisotopic (exact) mass is 368 g/mol. The molecule has 0 spiro atoms. The maximum absolute atomic E-state index is 13.9. The summed E-state index contributed by atoms with van der Waals surface area (Å²) in [6.45, 7) is 1.81. The van der Waals surface area contributed by atoms with Gasteiger partial charge in [0.15, 0.2) is 5.76 Å². The van der Waals surface area contributed by atoms with Crippen molar-refractivity contribution in [2.24, 2.45) is 7.05 Å². The number of nitrogens with zero attached hydrogens (tertiary/aromatic N) is 2. The largest absolute Gasteiger partial charge is 0.459 e. The topological polar surface area (TPSA) is 89.2 Å². The quantitative estimate of drug-likeness (QED) is 0.743. The van der Waals surface area contributed by atoms with E-state index in [4.69, 9.17) is 4.42 Å². The van der Waals surface area contributed by atoms with Crippen LogP contribution in [0.15, 0.2) is 47.1 Å². The highest BCUT2D eigenvalue weighted by Crippen LogP contribution is 2.39. The van der Waals surface area contributed by atoms with E-state index in [1.54, 1.807) is 29.9 Å². The number of furan rings is 1. The van der Waals surface area contributed by atoms with Crippen molar-refractivity contribution in [2.75, 3.05) is 5.32 Å². The Balaban J connectivity index is 1.82. The maximum atomic E-state index is 13.9. The predicted octanol–water partition coefficient (Wildman–Crippen LogP) is 2.34. The van der Waals surface area contributed by atoms with Crippen molar-refractivity contribution in [2.45, 2.75) is 18.9 Å². The van der Waals surface area contributed by atoms with Crippen LogP contribution in [-0.2, 0) is 11.8 Å². The summed E-state index contributed by atoms with van der Waals surface area (Å²) in [5, 5.41) is 9.86. The fourth-order valence-electron chi connectivity index (χ4n) is 3.54. The molecule has 0 saturated carbocycles. The van der Waals surface area contributed by atoms with Crippen LogP contribution in [0, 0.1) is 12.7 Å². The minimum absolute atomic E-state index is 0.0921. The highest BCUT2D eigenvalue weighted by Gasteiger charge is 2.41. The first-order chi connectivity index (χ1) is 13.0. The normalized spacial score (nSPS) is 18.7. The van der Waals surface area contributed by atoms with Gasteiger partial charge >= 0.3 is 0 Å². The van der Waals surface area contributed by atoms with Crippen LogP contribution >= 0.6 is 0 Å². The second kappa shape index (κ2) is 6.39. The van der Waals surface area contributed by atoms with Crippen molar-refractivity contribution in [3.63, 3.8) is 0 Å². The summed E-state index contributed by atoms with van der Waals surface area (Å²) >= 11 is 0. The van der Waals surface area contributed by atoms with Gasteiger partial charge < -0.3 is 15.1 Å². The van der Waals surface area contributed by atoms with Crippen LogP contribution in [0.4, 0.5) is 10.2 Å². The molecule has 0 radical (unpaired) electrons. The van der Waals surface area contributed by atoms with Gasteiger partial charge in [-0.05, 0) is 36.8 Å². The SMILES string of the molecule is Cc1nn(C)c2c1[C@@H](c1cccc(F)c1)[C@H](NC(=O)c1ccco1)C(=O)N2. The Morgan fingerprint density at radius 2 is 2.15 bits per heavy atom. The van der Waals surface area contributed by atoms with E-state index in [2.05, 4.69) is 15.7 Å². The van der Waals surface area contributed by atoms with Crippen LogP contribution in [0.25, 0.3) is 0 Å². The number of aryl methyl sites for hydroxylation is 2. The first-order valence-electron chi connectivity index (χ1n) is 8.40. The molecule has 8 heteroatoms. The van der Waals surface area contributed by atoms with Crippen molar-refractivity contribution in [1.82, 2.24) is 15.1 Å². The molecule has 2 atom stereocenters. The lowest BCUT2D eigenvalue weighted by molar-refractivity contribution is -0.118. The Bertz CT molecular complexity index is 1030. The van der Waals surface area contributed by atoms with Crippen molar-refractivity contribution in [1.29, 1.82) is 0 Å². The number of aromatic nitrogens is 2. The van der Waals surface area contributed by atoms with Crippen LogP contribution in [-0.4, -0.2) is 27.6 Å². The predicted molar refractivity (Wildman–Crippen MR) is 94.8 cm³/mol. The first kappa shape index (κ1) is 17.0. The minimum Gasteiger partial charge on any atom is -0.459 e. The molecular formula is C19H17FN4O3. The molecule has 27 heavy (non-hydrogen) atoms. The van der Waals surface area contributed by atoms with Crippen molar-refractivity contribution < 1.29 is 18.4 Å². The van der Waals surface area contributed by atoms with Crippen LogP contribution in [0.5, 0.6) is 0 Å². The first-order valence-corrected chi connectivity index (χ1v) is 8.40. The minimum atomic E-state index is -0.945. The highest BCUT2D eigenvalue weighted by molar-refractivity contribution is 6.03. The number of carbonyl (C=O) groups excluding carboxylic acids is 2. The summed E-state index contributed by atoms with van der Waals surface area (Å²) in [5.41, 5.74) is 2.01. The van der Waals surface area contributed by atoms with Crippen LogP contribution < -0.4 is 10.6 Å². The number of nitrogens with one attached hydrogen (secondary N) is 2. The Labute approximate surface area is 154 Å². The molecule has 3 aromatic rings. The Morgan fingerprint density at radius 1 is 1.33 bits per heavy atom.